The number of para-hydroxylation sites is 1. The maximum absolute atomic E-state index is 12.8. The number of carbonyl (C=O) groups excluding carboxylic acids is 1. The quantitative estimate of drug-likeness (QED) is 0.867. The van der Waals surface area contributed by atoms with E-state index in [4.69, 9.17) is 5.11 Å². The van der Waals surface area contributed by atoms with Crippen LogP contribution in [0.1, 0.15) is 38.2 Å². The summed E-state index contributed by atoms with van der Waals surface area (Å²) in [4.78, 5) is 14.6. The minimum absolute atomic E-state index is 0.0684. The number of amides is 1. The van der Waals surface area contributed by atoms with Gasteiger partial charge in [0.05, 0.1) is 5.92 Å². The van der Waals surface area contributed by atoms with Gasteiger partial charge in [0.25, 0.3) is 0 Å². The van der Waals surface area contributed by atoms with Crippen LogP contribution in [0, 0.1) is 0 Å². The first-order valence-electron chi connectivity index (χ1n) is 7.42. The minimum Gasteiger partial charge on any atom is -0.396 e. The molecular weight excluding hydrogens is 252 g/mol. The molecule has 110 valence electrons. The lowest BCUT2D eigenvalue weighted by molar-refractivity contribution is -0.133. The van der Waals surface area contributed by atoms with Gasteiger partial charge < -0.3 is 15.3 Å². The molecule has 2 N–H and O–H groups in total. The molecule has 2 unspecified atom stereocenters. The Balaban J connectivity index is 2.20. The molecule has 20 heavy (non-hydrogen) atoms. The molecule has 2 rings (SSSR count). The van der Waals surface area contributed by atoms with E-state index >= 15 is 0 Å². The molecule has 1 heterocycles. The number of nitrogens with one attached hydrogen (secondary N) is 1. The fraction of sp³-hybridized carbons (Fsp3) is 0.562. The zero-order valence-corrected chi connectivity index (χ0v) is 12.3. The number of aliphatic hydroxyl groups is 1. The molecule has 0 aliphatic carbocycles. The highest BCUT2D eigenvalue weighted by Gasteiger charge is 2.31. The van der Waals surface area contributed by atoms with Gasteiger partial charge in [0, 0.05) is 31.4 Å². The average Bonchev–Trinajstić information content (AvgIpc) is 2.46. The number of nitrogens with zero attached hydrogens (tertiary/aromatic N) is 1. The van der Waals surface area contributed by atoms with Crippen molar-refractivity contribution in [2.24, 2.45) is 0 Å². The van der Waals surface area contributed by atoms with Crippen LogP contribution < -0.4 is 5.32 Å². The Kier molecular flexibility index (Phi) is 5.01. The van der Waals surface area contributed by atoms with Crippen LogP contribution in [0.3, 0.4) is 0 Å². The highest BCUT2D eigenvalue weighted by Crippen LogP contribution is 2.35. The van der Waals surface area contributed by atoms with Crippen molar-refractivity contribution in [2.75, 3.05) is 25.0 Å². The number of benzene rings is 1. The van der Waals surface area contributed by atoms with Gasteiger partial charge in [0.2, 0.25) is 5.91 Å². The predicted octanol–water partition coefficient (Wildman–Crippen LogP) is 2.21. The Morgan fingerprint density at radius 2 is 2.20 bits per heavy atom. The van der Waals surface area contributed by atoms with Gasteiger partial charge in [-0.25, -0.2) is 0 Å². The topological polar surface area (TPSA) is 52.6 Å². The van der Waals surface area contributed by atoms with E-state index in [0.29, 0.717) is 25.6 Å². The smallest absolute Gasteiger partial charge is 0.230 e. The minimum atomic E-state index is -0.0684. The van der Waals surface area contributed by atoms with E-state index in [2.05, 4.69) is 12.2 Å². The summed E-state index contributed by atoms with van der Waals surface area (Å²) in [6.07, 6.45) is 1.47. The summed E-state index contributed by atoms with van der Waals surface area (Å²) in [5, 5.41) is 12.4. The van der Waals surface area contributed by atoms with Gasteiger partial charge in [-0.1, -0.05) is 18.2 Å². The van der Waals surface area contributed by atoms with Crippen molar-refractivity contribution in [3.8, 4) is 0 Å². The molecular formula is C16H24N2O2. The predicted molar refractivity (Wildman–Crippen MR) is 80.8 cm³/mol. The number of carbonyl (C=O) groups is 1. The van der Waals surface area contributed by atoms with Crippen LogP contribution in [0.2, 0.25) is 0 Å². The molecule has 1 aliphatic heterocycles. The molecule has 2 atom stereocenters. The zero-order valence-electron chi connectivity index (χ0n) is 12.3. The first-order valence-corrected chi connectivity index (χ1v) is 7.42. The molecule has 1 aliphatic rings. The van der Waals surface area contributed by atoms with Crippen LogP contribution in [0.15, 0.2) is 24.3 Å². The van der Waals surface area contributed by atoms with Gasteiger partial charge in [-0.3, -0.25) is 4.79 Å². The van der Waals surface area contributed by atoms with E-state index in [9.17, 15) is 4.79 Å². The SMILES string of the molecule is CCN(CCCO)C(=O)C1CC(C)Nc2ccccc21. The van der Waals surface area contributed by atoms with Crippen molar-refractivity contribution in [3.63, 3.8) is 0 Å². The average molecular weight is 276 g/mol. The summed E-state index contributed by atoms with van der Waals surface area (Å²) >= 11 is 0. The van der Waals surface area contributed by atoms with Crippen molar-refractivity contribution in [2.45, 2.75) is 38.6 Å². The van der Waals surface area contributed by atoms with E-state index in [-0.39, 0.29) is 18.4 Å². The molecule has 0 radical (unpaired) electrons. The molecule has 0 bridgehead atoms. The van der Waals surface area contributed by atoms with Gasteiger partial charge in [-0.15, -0.1) is 0 Å². The molecule has 0 saturated carbocycles. The molecule has 0 saturated heterocycles. The largest absolute Gasteiger partial charge is 0.396 e. The van der Waals surface area contributed by atoms with Crippen LogP contribution in [-0.4, -0.2) is 41.7 Å². The lowest BCUT2D eigenvalue weighted by Gasteiger charge is -2.33. The number of aliphatic hydroxyl groups excluding tert-OH is 1. The van der Waals surface area contributed by atoms with Gasteiger partial charge >= 0.3 is 0 Å². The summed E-state index contributed by atoms with van der Waals surface area (Å²) < 4.78 is 0. The summed E-state index contributed by atoms with van der Waals surface area (Å²) in [6, 6.07) is 8.36. The summed E-state index contributed by atoms with van der Waals surface area (Å²) in [6.45, 7) is 5.56. The van der Waals surface area contributed by atoms with Gasteiger partial charge in [-0.05, 0) is 38.3 Å². The van der Waals surface area contributed by atoms with Crippen molar-refractivity contribution < 1.29 is 9.90 Å². The Bertz CT molecular complexity index is 462. The molecule has 0 fully saturated rings. The number of anilines is 1. The number of rotatable bonds is 5. The number of likely N-dealkylation sites (N-methyl/N-ethyl adjacent to an activating group) is 1. The monoisotopic (exact) mass is 276 g/mol. The van der Waals surface area contributed by atoms with Crippen molar-refractivity contribution in [1.29, 1.82) is 0 Å². The molecule has 4 heteroatoms. The molecule has 1 amide bonds. The Morgan fingerprint density at radius 3 is 2.90 bits per heavy atom. The molecule has 0 aromatic heterocycles. The normalized spacial score (nSPS) is 20.9. The highest BCUT2D eigenvalue weighted by molar-refractivity contribution is 5.86. The fourth-order valence-electron chi connectivity index (χ4n) is 2.88. The van der Waals surface area contributed by atoms with Crippen LogP contribution in [-0.2, 0) is 4.79 Å². The number of hydrogen-bond acceptors (Lipinski definition) is 3. The lowest BCUT2D eigenvalue weighted by Crippen LogP contribution is -2.39. The maximum Gasteiger partial charge on any atom is 0.230 e. The Labute approximate surface area is 120 Å². The second kappa shape index (κ2) is 6.75. The van der Waals surface area contributed by atoms with Gasteiger partial charge in [-0.2, -0.15) is 0 Å². The van der Waals surface area contributed by atoms with E-state index in [1.54, 1.807) is 0 Å². The van der Waals surface area contributed by atoms with E-state index in [1.165, 1.54) is 0 Å². The van der Waals surface area contributed by atoms with Crippen LogP contribution in [0.5, 0.6) is 0 Å². The third kappa shape index (κ3) is 3.12. The van der Waals surface area contributed by atoms with Crippen molar-refractivity contribution in [3.05, 3.63) is 29.8 Å². The fourth-order valence-corrected chi connectivity index (χ4v) is 2.88. The van der Waals surface area contributed by atoms with E-state index in [0.717, 1.165) is 17.7 Å². The molecule has 1 aromatic rings. The first kappa shape index (κ1) is 14.9. The lowest BCUT2D eigenvalue weighted by atomic mass is 9.86. The third-order valence-electron chi connectivity index (χ3n) is 3.90. The number of hydrogen-bond donors (Lipinski definition) is 2. The van der Waals surface area contributed by atoms with E-state index in [1.807, 2.05) is 36.1 Å². The summed E-state index contributed by atoms with van der Waals surface area (Å²) in [5.41, 5.74) is 2.17. The van der Waals surface area contributed by atoms with Crippen LogP contribution >= 0.6 is 0 Å². The van der Waals surface area contributed by atoms with Gasteiger partial charge in [0.15, 0.2) is 0 Å². The van der Waals surface area contributed by atoms with Crippen molar-refractivity contribution >= 4 is 11.6 Å². The first-order chi connectivity index (χ1) is 9.67. The second-order valence-electron chi connectivity index (χ2n) is 5.42. The zero-order chi connectivity index (χ0) is 14.5. The Hall–Kier alpha value is -1.55. The number of fused-ring (bicyclic) bond motifs is 1. The molecule has 1 aromatic carbocycles. The summed E-state index contributed by atoms with van der Waals surface area (Å²) in [7, 11) is 0. The Morgan fingerprint density at radius 1 is 1.45 bits per heavy atom. The van der Waals surface area contributed by atoms with Gasteiger partial charge in [0.1, 0.15) is 0 Å². The summed E-state index contributed by atoms with van der Waals surface area (Å²) in [5.74, 6) is 0.114. The third-order valence-corrected chi connectivity index (χ3v) is 3.90. The van der Waals surface area contributed by atoms with Crippen LogP contribution in [0.25, 0.3) is 0 Å². The highest BCUT2D eigenvalue weighted by atomic mass is 16.3. The second-order valence-corrected chi connectivity index (χ2v) is 5.42. The standard InChI is InChI=1S/C16H24N2O2/c1-3-18(9-6-10-19)16(20)14-11-12(2)17-15-8-5-4-7-13(14)15/h4-5,7-8,12,14,17,19H,3,6,9-11H2,1-2H3. The molecule has 0 spiro atoms. The van der Waals surface area contributed by atoms with Crippen molar-refractivity contribution in [1.82, 2.24) is 4.90 Å². The van der Waals surface area contributed by atoms with E-state index < -0.39 is 0 Å². The molecule has 4 nitrogen and oxygen atoms in total. The maximum atomic E-state index is 12.8. The van der Waals surface area contributed by atoms with Crippen LogP contribution in [0.4, 0.5) is 5.69 Å².